The molecular weight excluding hydrogens is 186 g/mol. The zero-order chi connectivity index (χ0) is 10.3. The molecule has 0 amide bonds. The molecule has 0 heterocycles. The van der Waals surface area contributed by atoms with Gasteiger partial charge in [-0.25, -0.2) is 0 Å². The highest BCUT2D eigenvalue weighted by Gasteiger charge is 2.39. The van der Waals surface area contributed by atoms with Crippen molar-refractivity contribution in [2.75, 3.05) is 27.9 Å². The second-order valence-corrected chi connectivity index (χ2v) is 6.01. The molecule has 0 saturated carbocycles. The molecule has 80 valence electrons. The fourth-order valence-electron chi connectivity index (χ4n) is 1.25. The Bertz CT molecular complexity index is 118. The Morgan fingerprint density at radius 2 is 1.62 bits per heavy atom. The monoisotopic (exact) mass is 207 g/mol. The molecule has 0 aliphatic carbocycles. The molecule has 0 fully saturated rings. The van der Waals surface area contributed by atoms with E-state index in [1.54, 1.807) is 21.3 Å². The van der Waals surface area contributed by atoms with Gasteiger partial charge in [0, 0.05) is 27.4 Å². The van der Waals surface area contributed by atoms with Crippen molar-refractivity contribution in [3.05, 3.63) is 0 Å². The number of hydrogen-bond acceptors (Lipinski definition) is 4. The van der Waals surface area contributed by atoms with E-state index in [1.165, 1.54) is 0 Å². The van der Waals surface area contributed by atoms with Crippen LogP contribution >= 0.6 is 0 Å². The van der Waals surface area contributed by atoms with Gasteiger partial charge in [-0.15, -0.1) is 0 Å². The van der Waals surface area contributed by atoms with Crippen LogP contribution in [0.5, 0.6) is 0 Å². The molecular formula is C8H21NO3Si. The van der Waals surface area contributed by atoms with Crippen LogP contribution in [0.4, 0.5) is 0 Å². The molecule has 5 heteroatoms. The van der Waals surface area contributed by atoms with Crippen LogP contribution in [-0.4, -0.2) is 36.7 Å². The maximum Gasteiger partial charge on any atom is 0.500 e. The summed E-state index contributed by atoms with van der Waals surface area (Å²) in [5.74, 6) is 0.423. The Hall–Kier alpha value is 0.0569. The average Bonchev–Trinajstić information content (AvgIpc) is 2.21. The summed E-state index contributed by atoms with van der Waals surface area (Å²) < 4.78 is 15.9. The standard InChI is InChI=1S/C8H21NO3Si/c1-5-8(6-9)7-13(10-2,11-3)12-4/h8H,5-7,9H2,1-4H3. The summed E-state index contributed by atoms with van der Waals surface area (Å²) in [7, 11) is 2.48. The lowest BCUT2D eigenvalue weighted by Gasteiger charge is -2.27. The highest BCUT2D eigenvalue weighted by Crippen LogP contribution is 2.20. The minimum Gasteiger partial charge on any atom is -0.377 e. The highest BCUT2D eigenvalue weighted by molar-refractivity contribution is 6.60. The molecule has 0 aromatic carbocycles. The first-order valence-corrected chi connectivity index (χ1v) is 6.46. The quantitative estimate of drug-likeness (QED) is 0.629. The minimum absolute atomic E-state index is 0.423. The largest absolute Gasteiger partial charge is 0.500 e. The number of hydrogen-bond donors (Lipinski definition) is 1. The van der Waals surface area contributed by atoms with Crippen molar-refractivity contribution in [3.8, 4) is 0 Å². The molecule has 1 unspecified atom stereocenters. The Balaban J connectivity index is 4.21. The van der Waals surface area contributed by atoms with Crippen molar-refractivity contribution in [2.24, 2.45) is 11.7 Å². The predicted octanol–water partition coefficient (Wildman–Crippen LogP) is 0.849. The van der Waals surface area contributed by atoms with E-state index in [0.29, 0.717) is 12.5 Å². The van der Waals surface area contributed by atoms with Gasteiger partial charge in [0.2, 0.25) is 0 Å². The molecule has 4 nitrogen and oxygen atoms in total. The number of nitrogens with two attached hydrogens (primary N) is 1. The fraction of sp³-hybridized carbons (Fsp3) is 1.00. The van der Waals surface area contributed by atoms with Gasteiger partial charge in [0.25, 0.3) is 0 Å². The third-order valence-corrected chi connectivity index (χ3v) is 5.33. The van der Waals surface area contributed by atoms with Gasteiger partial charge in [-0.2, -0.15) is 0 Å². The Labute approximate surface area is 81.7 Å². The molecule has 0 aliphatic heterocycles. The van der Waals surface area contributed by atoms with Gasteiger partial charge in [0.15, 0.2) is 0 Å². The lowest BCUT2D eigenvalue weighted by Crippen LogP contribution is -2.45. The van der Waals surface area contributed by atoms with Gasteiger partial charge < -0.3 is 19.0 Å². The molecule has 0 radical (unpaired) electrons. The van der Waals surface area contributed by atoms with E-state index in [2.05, 4.69) is 6.92 Å². The van der Waals surface area contributed by atoms with Crippen LogP contribution in [-0.2, 0) is 13.3 Å². The zero-order valence-electron chi connectivity index (χ0n) is 9.00. The van der Waals surface area contributed by atoms with E-state index >= 15 is 0 Å². The van der Waals surface area contributed by atoms with Crippen molar-refractivity contribution in [3.63, 3.8) is 0 Å². The molecule has 0 rings (SSSR count). The number of rotatable bonds is 7. The molecule has 1 atom stereocenters. The normalized spacial score (nSPS) is 14.5. The zero-order valence-corrected chi connectivity index (χ0v) is 10.0. The maximum absolute atomic E-state index is 5.61. The summed E-state index contributed by atoms with van der Waals surface area (Å²) in [4.78, 5) is 0. The van der Waals surface area contributed by atoms with Crippen molar-refractivity contribution < 1.29 is 13.3 Å². The predicted molar refractivity (Wildman–Crippen MR) is 54.4 cm³/mol. The summed E-state index contributed by atoms with van der Waals surface area (Å²) in [6, 6.07) is 0.795. The second kappa shape index (κ2) is 6.50. The molecule has 0 bridgehead atoms. The van der Waals surface area contributed by atoms with Gasteiger partial charge in [0.05, 0.1) is 0 Å². The first-order valence-electron chi connectivity index (χ1n) is 4.53. The van der Waals surface area contributed by atoms with Gasteiger partial charge in [-0.1, -0.05) is 13.3 Å². The fourth-order valence-corrected chi connectivity index (χ4v) is 3.41. The van der Waals surface area contributed by atoms with Crippen LogP contribution in [0.25, 0.3) is 0 Å². The van der Waals surface area contributed by atoms with Crippen molar-refractivity contribution in [1.29, 1.82) is 0 Å². The van der Waals surface area contributed by atoms with Crippen LogP contribution in [0.15, 0.2) is 0 Å². The van der Waals surface area contributed by atoms with Crippen LogP contribution < -0.4 is 5.73 Å². The summed E-state index contributed by atoms with van der Waals surface area (Å²) in [6.45, 7) is 2.76. The summed E-state index contributed by atoms with van der Waals surface area (Å²) in [6.07, 6.45) is 1.03. The molecule has 2 N–H and O–H groups in total. The van der Waals surface area contributed by atoms with Gasteiger partial charge in [-0.3, -0.25) is 0 Å². The SMILES string of the molecule is CCC(CN)C[Si](OC)(OC)OC. The molecule has 0 aliphatic rings. The van der Waals surface area contributed by atoms with E-state index in [4.69, 9.17) is 19.0 Å². The van der Waals surface area contributed by atoms with E-state index in [1.807, 2.05) is 0 Å². The molecule has 0 aromatic rings. The van der Waals surface area contributed by atoms with Gasteiger partial charge in [0.1, 0.15) is 0 Å². The lowest BCUT2D eigenvalue weighted by molar-refractivity contribution is 0.118. The van der Waals surface area contributed by atoms with Gasteiger partial charge >= 0.3 is 8.80 Å². The Kier molecular flexibility index (Phi) is 6.53. The Morgan fingerprint density at radius 3 is 1.85 bits per heavy atom. The van der Waals surface area contributed by atoms with Crippen LogP contribution in [0, 0.1) is 5.92 Å². The molecule has 0 aromatic heterocycles. The van der Waals surface area contributed by atoms with Gasteiger partial charge in [-0.05, 0) is 12.5 Å². The third kappa shape index (κ3) is 3.74. The lowest BCUT2D eigenvalue weighted by atomic mass is 10.1. The smallest absolute Gasteiger partial charge is 0.377 e. The van der Waals surface area contributed by atoms with E-state index < -0.39 is 8.80 Å². The van der Waals surface area contributed by atoms with E-state index in [-0.39, 0.29) is 0 Å². The Morgan fingerprint density at radius 1 is 1.15 bits per heavy atom. The van der Waals surface area contributed by atoms with Crippen molar-refractivity contribution in [2.45, 2.75) is 19.4 Å². The highest BCUT2D eigenvalue weighted by atomic mass is 28.4. The first-order chi connectivity index (χ1) is 6.17. The maximum atomic E-state index is 5.61. The van der Waals surface area contributed by atoms with Crippen LogP contribution in [0.1, 0.15) is 13.3 Å². The summed E-state index contributed by atoms with van der Waals surface area (Å²) in [5, 5.41) is 0. The van der Waals surface area contributed by atoms with E-state index in [9.17, 15) is 0 Å². The molecule has 0 saturated heterocycles. The third-order valence-electron chi connectivity index (χ3n) is 2.38. The topological polar surface area (TPSA) is 53.7 Å². The molecule has 0 spiro atoms. The summed E-state index contributed by atoms with van der Waals surface area (Å²) >= 11 is 0. The van der Waals surface area contributed by atoms with E-state index in [0.717, 1.165) is 12.5 Å². The van der Waals surface area contributed by atoms with Crippen LogP contribution in [0.2, 0.25) is 6.04 Å². The molecule has 13 heavy (non-hydrogen) atoms. The second-order valence-electron chi connectivity index (χ2n) is 3.01. The first kappa shape index (κ1) is 13.1. The van der Waals surface area contributed by atoms with Crippen molar-refractivity contribution in [1.82, 2.24) is 0 Å². The average molecular weight is 207 g/mol. The summed E-state index contributed by atoms with van der Waals surface area (Å²) in [5.41, 5.74) is 5.61. The van der Waals surface area contributed by atoms with Crippen LogP contribution in [0.3, 0.4) is 0 Å². The van der Waals surface area contributed by atoms with Crippen molar-refractivity contribution >= 4 is 8.80 Å². The minimum atomic E-state index is -2.40.